The van der Waals surface area contributed by atoms with Crippen LogP contribution < -0.4 is 6.15 Å². The lowest BCUT2D eigenvalue weighted by Crippen LogP contribution is -2.19. The first kappa shape index (κ1) is 21.3. The molecule has 8 nitrogen and oxygen atoms in total. The number of hydrogen-bond acceptors (Lipinski definition) is 7. The Kier molecular flexibility index (Phi) is 12.7. The van der Waals surface area contributed by atoms with Crippen molar-refractivity contribution in [3.63, 3.8) is 0 Å². The van der Waals surface area contributed by atoms with Gasteiger partial charge in [-0.2, -0.15) is 8.42 Å². The first-order valence-corrected chi connectivity index (χ1v) is 5.61. The minimum atomic E-state index is -4.16. The van der Waals surface area contributed by atoms with Crippen LogP contribution in [-0.2, 0) is 24.2 Å². The van der Waals surface area contributed by atoms with Crippen LogP contribution in [0.1, 0.15) is 13.3 Å². The van der Waals surface area contributed by atoms with Gasteiger partial charge in [0.25, 0.3) is 0 Å². The van der Waals surface area contributed by atoms with Crippen molar-refractivity contribution in [1.82, 2.24) is 11.2 Å². The number of carbonyl (C=O) groups excluding carboxylic acids is 1. The van der Waals surface area contributed by atoms with Crippen LogP contribution in [0.25, 0.3) is 0 Å². The maximum atomic E-state index is 10.8. The molecule has 0 unspecified atom stereocenters. The van der Waals surface area contributed by atoms with E-state index in [4.69, 9.17) is 9.39 Å². The zero-order valence-electron chi connectivity index (χ0n) is 10.5. The largest absolute Gasteiger partial charge is 0.397 e. The first-order valence-electron chi connectivity index (χ1n) is 4.24. The van der Waals surface area contributed by atoms with Gasteiger partial charge in [0, 0.05) is 19.7 Å². The van der Waals surface area contributed by atoms with Crippen molar-refractivity contribution in [3.8, 4) is 0 Å². The van der Waals surface area contributed by atoms with Crippen molar-refractivity contribution in [2.75, 3.05) is 21.2 Å². The molecule has 0 heterocycles. The van der Waals surface area contributed by atoms with Crippen LogP contribution >= 0.6 is 0 Å². The second-order valence-corrected chi connectivity index (χ2v) is 3.93. The molecule has 104 valence electrons. The number of hydrogen-bond donors (Lipinski definition) is 2. The third-order valence-corrected chi connectivity index (χ3v) is 1.61. The Bertz CT molecular complexity index is 325. The predicted octanol–water partition coefficient (Wildman–Crippen LogP) is 0.570. The summed E-state index contributed by atoms with van der Waals surface area (Å²) < 4.78 is 29.7. The molecule has 4 N–H and O–H groups in total. The van der Waals surface area contributed by atoms with Gasteiger partial charge in [-0.15, -0.1) is 5.06 Å². The summed E-state index contributed by atoms with van der Waals surface area (Å²) in [5.41, 5.74) is 0.494. The van der Waals surface area contributed by atoms with E-state index in [-0.39, 0.29) is 12.1 Å². The molecule has 0 spiro atoms. The van der Waals surface area contributed by atoms with E-state index >= 15 is 0 Å². The van der Waals surface area contributed by atoms with E-state index in [1.165, 1.54) is 5.06 Å². The van der Waals surface area contributed by atoms with Crippen molar-refractivity contribution in [1.29, 1.82) is 0 Å². The van der Waals surface area contributed by atoms with Crippen molar-refractivity contribution in [2.24, 2.45) is 0 Å². The molecule has 0 aromatic heterocycles. The molecule has 0 aromatic rings. The predicted molar refractivity (Wildman–Crippen MR) is 62.8 cm³/mol. The minimum Gasteiger partial charge on any atom is -0.365 e. The Labute approximate surface area is 102 Å². The summed E-state index contributed by atoms with van der Waals surface area (Å²) in [5, 5.41) is 1.35. The van der Waals surface area contributed by atoms with Crippen LogP contribution in [0, 0.1) is 0 Å². The zero-order chi connectivity index (χ0) is 13.4. The van der Waals surface area contributed by atoms with Gasteiger partial charge in [-0.3, -0.25) is 8.74 Å². The third-order valence-electron chi connectivity index (χ3n) is 1.19. The fraction of sp³-hybridized carbons (Fsp3) is 0.625. The molecule has 0 aliphatic heterocycles. The molecule has 0 aliphatic carbocycles. The fourth-order valence-electron chi connectivity index (χ4n) is 0.375. The van der Waals surface area contributed by atoms with Crippen molar-refractivity contribution in [3.05, 3.63) is 12.2 Å². The monoisotopic (exact) mass is 272 g/mol. The molecule has 0 bridgehead atoms. The normalized spacial score (nSPS) is 9.76. The highest BCUT2D eigenvalue weighted by molar-refractivity contribution is 7.80. The van der Waals surface area contributed by atoms with Gasteiger partial charge in [0.1, 0.15) is 0 Å². The van der Waals surface area contributed by atoms with E-state index in [1.807, 2.05) is 6.92 Å². The Morgan fingerprint density at radius 1 is 1.41 bits per heavy atom. The molecular formula is C8H20N2O6S. The second kappa shape index (κ2) is 10.2. The summed E-state index contributed by atoms with van der Waals surface area (Å²) in [4.78, 5) is 15.5. The van der Waals surface area contributed by atoms with E-state index in [0.29, 0.717) is 12.0 Å². The highest BCUT2D eigenvalue weighted by Crippen LogP contribution is 1.99. The number of hydroxylamine groups is 2. The molecule has 0 amide bonds. The van der Waals surface area contributed by atoms with E-state index in [0.717, 1.165) is 7.11 Å². The molecule has 0 aromatic carbocycles. The summed E-state index contributed by atoms with van der Waals surface area (Å²) >= 11 is 0. The summed E-state index contributed by atoms with van der Waals surface area (Å²) in [6.45, 7) is 5.39. The van der Waals surface area contributed by atoms with Crippen LogP contribution in [0.3, 0.4) is 0 Å². The van der Waals surface area contributed by atoms with Crippen LogP contribution in [0.5, 0.6) is 0 Å². The Morgan fingerprint density at radius 2 is 1.76 bits per heavy atom. The lowest BCUT2D eigenvalue weighted by Gasteiger charge is -2.09. The van der Waals surface area contributed by atoms with Gasteiger partial charge >= 0.3 is 16.4 Å². The van der Waals surface area contributed by atoms with E-state index < -0.39 is 10.4 Å². The maximum Gasteiger partial charge on any atom is 0.397 e. The van der Waals surface area contributed by atoms with E-state index in [9.17, 15) is 13.2 Å². The van der Waals surface area contributed by atoms with Crippen molar-refractivity contribution >= 4 is 16.4 Å². The van der Waals surface area contributed by atoms with Crippen molar-refractivity contribution in [2.45, 2.75) is 13.3 Å². The second-order valence-electron chi connectivity index (χ2n) is 2.74. The van der Waals surface area contributed by atoms with Gasteiger partial charge in [0.2, 0.25) is 0 Å². The average molecular weight is 272 g/mol. The van der Waals surface area contributed by atoms with Crippen LogP contribution in [-0.4, -0.2) is 45.2 Å². The molecule has 0 rings (SSSR count). The van der Waals surface area contributed by atoms with Gasteiger partial charge in [-0.1, -0.05) is 13.5 Å². The van der Waals surface area contributed by atoms with Crippen LogP contribution in [0.2, 0.25) is 0 Å². The number of nitrogens with zero attached hydrogens (tertiary/aromatic N) is 1. The Morgan fingerprint density at radius 3 is 1.94 bits per heavy atom. The summed E-state index contributed by atoms with van der Waals surface area (Å²) in [6.07, 6.45) is 0.632. The van der Waals surface area contributed by atoms with Gasteiger partial charge < -0.3 is 11.0 Å². The molecule has 0 aliphatic rings. The lowest BCUT2D eigenvalue weighted by molar-refractivity contribution is -0.173. The summed E-state index contributed by atoms with van der Waals surface area (Å²) in [6, 6.07) is 0. The highest BCUT2D eigenvalue weighted by Gasteiger charge is 2.06. The number of rotatable bonds is 4. The Balaban J connectivity index is -0.000000244. The standard InChI is InChI=1S/C7H13NO2.CH4O4S.H3N/c1-5-6(2)7(9)10-8(3)4;1-5-6(2,3)4;/h2,5H2,1,3-4H3;1H3,(H,2,3,4);1H3. The van der Waals surface area contributed by atoms with Crippen molar-refractivity contribution < 1.29 is 26.8 Å². The van der Waals surface area contributed by atoms with E-state index in [2.05, 4.69) is 10.8 Å². The van der Waals surface area contributed by atoms with Crippen LogP contribution in [0.15, 0.2) is 12.2 Å². The number of carbonyl (C=O) groups is 1. The average Bonchev–Trinajstić information content (AvgIpc) is 2.15. The molecule has 17 heavy (non-hydrogen) atoms. The quantitative estimate of drug-likeness (QED) is 0.432. The molecular weight excluding hydrogens is 252 g/mol. The SMILES string of the molecule is C=C(CC)C(=O)ON(C)C.COS(=O)(=O)O.N. The topological polar surface area (TPSA) is 128 Å². The third kappa shape index (κ3) is 17.6. The van der Waals surface area contributed by atoms with Gasteiger partial charge in [-0.05, 0) is 6.42 Å². The smallest absolute Gasteiger partial charge is 0.365 e. The minimum absolute atomic E-state index is 0. The maximum absolute atomic E-state index is 10.8. The molecule has 0 saturated carbocycles. The Hall–Kier alpha value is -1.00. The fourth-order valence-corrected chi connectivity index (χ4v) is 0.375. The summed E-state index contributed by atoms with van der Waals surface area (Å²) in [5.74, 6) is -0.354. The summed E-state index contributed by atoms with van der Waals surface area (Å²) in [7, 11) is 0.0156. The van der Waals surface area contributed by atoms with Gasteiger partial charge in [0.05, 0.1) is 7.11 Å². The van der Waals surface area contributed by atoms with Gasteiger partial charge in [-0.25, -0.2) is 4.79 Å². The lowest BCUT2D eigenvalue weighted by atomic mass is 10.2. The van der Waals surface area contributed by atoms with E-state index in [1.54, 1.807) is 14.1 Å². The first-order chi connectivity index (χ1) is 7.14. The molecule has 9 heteroatoms. The molecule has 0 radical (unpaired) electrons. The van der Waals surface area contributed by atoms with Crippen LogP contribution in [0.4, 0.5) is 0 Å². The van der Waals surface area contributed by atoms with Gasteiger partial charge in [0.15, 0.2) is 0 Å². The highest BCUT2D eigenvalue weighted by atomic mass is 32.3. The zero-order valence-corrected chi connectivity index (χ0v) is 11.3. The molecule has 0 fully saturated rings. The molecule has 0 saturated heterocycles. The molecule has 0 atom stereocenters.